The van der Waals surface area contributed by atoms with E-state index >= 15 is 0 Å². The van der Waals surface area contributed by atoms with Gasteiger partial charge in [-0.25, -0.2) is 14.6 Å². The summed E-state index contributed by atoms with van der Waals surface area (Å²) in [5, 5.41) is 1.17. The molecule has 0 unspecified atom stereocenters. The van der Waals surface area contributed by atoms with Gasteiger partial charge in [0, 0.05) is 49.1 Å². The number of aromatic nitrogens is 2. The molecule has 0 N–H and O–H groups in total. The number of carbonyl (C=O) groups is 2. The fourth-order valence-electron chi connectivity index (χ4n) is 5.55. The predicted octanol–water partition coefficient (Wildman–Crippen LogP) is 8.45. The zero-order valence-electron chi connectivity index (χ0n) is 26.8. The summed E-state index contributed by atoms with van der Waals surface area (Å²) in [5.41, 5.74) is 4.31. The van der Waals surface area contributed by atoms with Gasteiger partial charge in [0.25, 0.3) is 0 Å². The Hall–Kier alpha value is -4.01. The van der Waals surface area contributed by atoms with E-state index in [4.69, 9.17) is 42.4 Å². The molecular formula is C36H39Cl2N3O5. The third-order valence-electron chi connectivity index (χ3n) is 7.87. The van der Waals surface area contributed by atoms with Crippen molar-refractivity contribution in [3.05, 3.63) is 94.4 Å². The van der Waals surface area contributed by atoms with E-state index in [1.807, 2.05) is 42.6 Å². The van der Waals surface area contributed by atoms with E-state index in [0.717, 1.165) is 40.3 Å². The fraction of sp³-hybridized carbons (Fsp3) is 0.361. The van der Waals surface area contributed by atoms with E-state index in [0.29, 0.717) is 41.6 Å². The highest BCUT2D eigenvalue weighted by Gasteiger charge is 2.39. The lowest BCUT2D eigenvalue weighted by molar-refractivity contribution is -0.149. The van der Waals surface area contributed by atoms with Crippen molar-refractivity contribution in [2.75, 3.05) is 13.7 Å². The molecule has 0 spiro atoms. The maximum Gasteiger partial charge on any atom is 0.411 e. The number of imidazole rings is 1. The monoisotopic (exact) mass is 663 g/mol. The van der Waals surface area contributed by atoms with Crippen molar-refractivity contribution in [2.45, 2.75) is 71.2 Å². The van der Waals surface area contributed by atoms with Crippen molar-refractivity contribution in [3.8, 4) is 28.1 Å². The van der Waals surface area contributed by atoms with Crippen LogP contribution in [0.4, 0.5) is 4.79 Å². The van der Waals surface area contributed by atoms with Gasteiger partial charge in [-0.3, -0.25) is 4.90 Å². The minimum Gasteiger partial charge on any atom is -0.490 e. The molecule has 3 aromatic carbocycles. The van der Waals surface area contributed by atoms with Crippen molar-refractivity contribution in [1.82, 2.24) is 14.5 Å². The molecule has 0 bridgehead atoms. The lowest BCUT2D eigenvalue weighted by Crippen LogP contribution is -2.53. The quantitative estimate of drug-likeness (QED) is 0.176. The van der Waals surface area contributed by atoms with Crippen molar-refractivity contribution >= 4 is 35.3 Å². The van der Waals surface area contributed by atoms with Crippen LogP contribution < -0.4 is 4.74 Å². The third-order valence-corrected chi connectivity index (χ3v) is 8.42. The highest BCUT2D eigenvalue weighted by Crippen LogP contribution is 2.31. The number of benzene rings is 3. The van der Waals surface area contributed by atoms with Crippen LogP contribution in [0.2, 0.25) is 10.0 Å². The van der Waals surface area contributed by atoms with Crippen LogP contribution in [0.25, 0.3) is 22.4 Å². The molecule has 4 aromatic rings. The molecule has 1 aliphatic rings. The van der Waals surface area contributed by atoms with Crippen molar-refractivity contribution in [2.24, 2.45) is 0 Å². The lowest BCUT2D eigenvalue weighted by Gasteiger charge is -2.38. The average molecular weight is 665 g/mol. The molecule has 1 fully saturated rings. The molecule has 1 aliphatic heterocycles. The summed E-state index contributed by atoms with van der Waals surface area (Å²) < 4.78 is 18.9. The second-order valence-corrected chi connectivity index (χ2v) is 13.2. The number of nitrogens with zero attached hydrogens (tertiary/aromatic N) is 3. The van der Waals surface area contributed by atoms with Crippen LogP contribution in [0.1, 0.15) is 51.9 Å². The summed E-state index contributed by atoms with van der Waals surface area (Å²) in [7, 11) is 1.32. The number of amides is 1. The van der Waals surface area contributed by atoms with E-state index in [2.05, 4.69) is 35.8 Å². The number of piperidine rings is 1. The number of likely N-dealkylation sites (tertiary alicyclic amines) is 1. The van der Waals surface area contributed by atoms with Crippen LogP contribution in [0.3, 0.4) is 0 Å². The highest BCUT2D eigenvalue weighted by atomic mass is 35.5. The minimum absolute atomic E-state index is 0.250. The number of hydrogen-bond donors (Lipinski definition) is 0. The standard InChI is InChI=1S/C36H39Cl2N3O5/c1-6-40-22-31(29-16-13-26(37)20-30(29)38)39-33(40)19-23-7-9-24(10-8-23)25-11-14-27(15-12-25)45-28-17-18-41(32(21-28)34(42)44-5)35(43)46-36(2,3)4/h7-16,20,22,28,32H,6,17-19,21H2,1-5H3/t28-,32-/m0/s1. The zero-order chi connectivity index (χ0) is 33.0. The van der Waals surface area contributed by atoms with E-state index in [1.165, 1.54) is 12.0 Å². The number of esters is 1. The Kier molecular flexibility index (Phi) is 10.3. The third kappa shape index (κ3) is 8.03. The average Bonchev–Trinajstić information content (AvgIpc) is 3.42. The Balaban J connectivity index is 1.22. The second-order valence-electron chi connectivity index (χ2n) is 12.3. The SMILES string of the molecule is CCn1cc(-c2ccc(Cl)cc2Cl)nc1Cc1ccc(-c2ccc(O[C@H]3CCN(C(=O)OC(C)(C)C)[C@H](C(=O)OC)C3)cc2)cc1. The number of ether oxygens (including phenoxy) is 3. The lowest BCUT2D eigenvalue weighted by atomic mass is 9.99. The van der Waals surface area contributed by atoms with Crippen molar-refractivity contribution in [3.63, 3.8) is 0 Å². The summed E-state index contributed by atoms with van der Waals surface area (Å²) in [6.45, 7) is 8.62. The van der Waals surface area contributed by atoms with Gasteiger partial charge in [0.05, 0.1) is 17.8 Å². The molecule has 1 aromatic heterocycles. The molecule has 242 valence electrons. The molecule has 1 saturated heterocycles. The number of methoxy groups -OCH3 is 1. The van der Waals surface area contributed by atoms with Crippen LogP contribution in [0, 0.1) is 0 Å². The summed E-state index contributed by atoms with van der Waals surface area (Å²) in [5.74, 6) is 1.18. The molecule has 10 heteroatoms. The molecule has 1 amide bonds. The van der Waals surface area contributed by atoms with Gasteiger partial charge in [0.15, 0.2) is 0 Å². The van der Waals surface area contributed by atoms with Crippen LogP contribution in [-0.2, 0) is 27.2 Å². The molecular weight excluding hydrogens is 625 g/mol. The first kappa shape index (κ1) is 33.4. The predicted molar refractivity (Wildman–Crippen MR) is 180 cm³/mol. The van der Waals surface area contributed by atoms with Crippen LogP contribution in [0.5, 0.6) is 5.75 Å². The van der Waals surface area contributed by atoms with Crippen LogP contribution in [-0.4, -0.2) is 57.9 Å². The largest absolute Gasteiger partial charge is 0.490 e. The van der Waals surface area contributed by atoms with Crippen molar-refractivity contribution < 1.29 is 23.8 Å². The number of rotatable bonds is 8. The Labute approximate surface area is 280 Å². The van der Waals surface area contributed by atoms with Gasteiger partial charge >= 0.3 is 12.1 Å². The summed E-state index contributed by atoms with van der Waals surface area (Å²) in [6, 6.07) is 21.0. The molecule has 5 rings (SSSR count). The first-order valence-corrected chi connectivity index (χ1v) is 16.1. The van der Waals surface area contributed by atoms with Gasteiger partial charge in [-0.15, -0.1) is 0 Å². The maximum atomic E-state index is 12.7. The van der Waals surface area contributed by atoms with Gasteiger partial charge in [-0.2, -0.15) is 0 Å². The van der Waals surface area contributed by atoms with E-state index in [-0.39, 0.29) is 6.10 Å². The molecule has 8 nitrogen and oxygen atoms in total. The van der Waals surface area contributed by atoms with Crippen LogP contribution in [0.15, 0.2) is 72.9 Å². The Morgan fingerprint density at radius 2 is 1.65 bits per heavy atom. The fourth-order valence-corrected chi connectivity index (χ4v) is 6.06. The molecule has 2 heterocycles. The molecule has 0 aliphatic carbocycles. The topological polar surface area (TPSA) is 82.9 Å². The van der Waals surface area contributed by atoms with Crippen LogP contribution >= 0.6 is 23.2 Å². The molecule has 0 saturated carbocycles. The number of hydrogen-bond acceptors (Lipinski definition) is 6. The number of halogens is 2. The molecule has 0 radical (unpaired) electrons. The van der Waals surface area contributed by atoms with Crippen molar-refractivity contribution in [1.29, 1.82) is 0 Å². The normalized spacial score (nSPS) is 16.6. The van der Waals surface area contributed by atoms with Gasteiger partial charge in [-0.05, 0) is 74.7 Å². The Bertz CT molecular complexity index is 1680. The Morgan fingerprint density at radius 3 is 2.26 bits per heavy atom. The first-order valence-electron chi connectivity index (χ1n) is 15.4. The van der Waals surface area contributed by atoms with E-state index in [9.17, 15) is 9.59 Å². The first-order chi connectivity index (χ1) is 21.9. The van der Waals surface area contributed by atoms with Gasteiger partial charge < -0.3 is 18.8 Å². The second kappa shape index (κ2) is 14.2. The molecule has 2 atom stereocenters. The number of aryl methyl sites for hydroxylation is 1. The minimum atomic E-state index is -0.770. The van der Waals surface area contributed by atoms with E-state index in [1.54, 1.807) is 26.8 Å². The summed E-state index contributed by atoms with van der Waals surface area (Å²) in [4.78, 5) is 31.6. The van der Waals surface area contributed by atoms with Gasteiger partial charge in [0.2, 0.25) is 0 Å². The highest BCUT2D eigenvalue weighted by molar-refractivity contribution is 6.36. The summed E-state index contributed by atoms with van der Waals surface area (Å²) in [6.07, 6.45) is 2.83. The zero-order valence-corrected chi connectivity index (χ0v) is 28.3. The Morgan fingerprint density at radius 1 is 0.978 bits per heavy atom. The molecule has 46 heavy (non-hydrogen) atoms. The van der Waals surface area contributed by atoms with Gasteiger partial charge in [-0.1, -0.05) is 59.6 Å². The number of carbonyl (C=O) groups excluding carboxylic acids is 2. The maximum absolute atomic E-state index is 12.7. The van der Waals surface area contributed by atoms with Gasteiger partial charge in [0.1, 0.15) is 29.3 Å². The van der Waals surface area contributed by atoms with E-state index < -0.39 is 23.7 Å². The summed E-state index contributed by atoms with van der Waals surface area (Å²) >= 11 is 12.5. The smallest absolute Gasteiger partial charge is 0.411 e.